The van der Waals surface area contributed by atoms with Gasteiger partial charge in [-0.05, 0) is 22.0 Å². The number of rotatable bonds is 5. The van der Waals surface area contributed by atoms with Crippen molar-refractivity contribution < 1.29 is 14.2 Å². The molecule has 7 heteroatoms. The molecule has 0 saturated carbocycles. The molecule has 0 saturated heterocycles. The van der Waals surface area contributed by atoms with Crippen molar-refractivity contribution in [2.24, 2.45) is 0 Å². The lowest BCUT2D eigenvalue weighted by molar-refractivity contribution is 0.101. The summed E-state index contributed by atoms with van der Waals surface area (Å²) >= 11 is 3.35. The van der Waals surface area contributed by atoms with Crippen LogP contribution in [0.5, 0.6) is 11.6 Å². The van der Waals surface area contributed by atoms with Crippen LogP contribution in [-0.2, 0) is 24.3 Å². The number of fused-ring (bicyclic) bond motifs is 1. The van der Waals surface area contributed by atoms with Crippen molar-refractivity contribution >= 4 is 15.9 Å². The van der Waals surface area contributed by atoms with Crippen molar-refractivity contribution in [2.45, 2.75) is 25.7 Å². The van der Waals surface area contributed by atoms with Gasteiger partial charge in [-0.25, -0.2) is 4.98 Å². The zero-order chi connectivity index (χ0) is 14.8. The Balaban J connectivity index is 1.67. The first-order chi connectivity index (χ1) is 10.2. The van der Waals surface area contributed by atoms with Gasteiger partial charge in [0.1, 0.15) is 12.3 Å². The summed E-state index contributed by atoms with van der Waals surface area (Å²) in [5, 5.41) is 4.51. The predicted molar refractivity (Wildman–Crippen MR) is 79.5 cm³/mol. The van der Waals surface area contributed by atoms with Crippen molar-refractivity contribution in [2.75, 3.05) is 14.2 Å². The van der Waals surface area contributed by atoms with Crippen LogP contribution >= 0.6 is 15.9 Å². The van der Waals surface area contributed by atoms with E-state index in [-0.39, 0.29) is 6.10 Å². The summed E-state index contributed by atoms with van der Waals surface area (Å²) in [5.74, 6) is 1.05. The van der Waals surface area contributed by atoms with Gasteiger partial charge < -0.3 is 14.2 Å². The van der Waals surface area contributed by atoms with E-state index in [1.165, 1.54) is 5.69 Å². The van der Waals surface area contributed by atoms with Crippen LogP contribution in [0, 0.1) is 0 Å². The highest BCUT2D eigenvalue weighted by atomic mass is 79.9. The SMILES string of the molecule is COc1cc(Br)cnc1OCc1cc2n(n1)C[C@H](OC)C2. The first kappa shape index (κ1) is 14.3. The van der Waals surface area contributed by atoms with E-state index in [0.717, 1.165) is 23.1 Å². The molecule has 6 nitrogen and oxygen atoms in total. The van der Waals surface area contributed by atoms with Crippen LogP contribution in [0.4, 0.5) is 0 Å². The molecule has 0 fully saturated rings. The molecule has 1 aliphatic rings. The van der Waals surface area contributed by atoms with E-state index in [1.807, 2.05) is 16.8 Å². The molecule has 0 bridgehead atoms. The summed E-state index contributed by atoms with van der Waals surface area (Å²) in [6.45, 7) is 1.16. The Morgan fingerprint density at radius 3 is 2.95 bits per heavy atom. The van der Waals surface area contributed by atoms with Crippen molar-refractivity contribution in [1.29, 1.82) is 0 Å². The Morgan fingerprint density at radius 2 is 2.24 bits per heavy atom. The molecule has 1 aliphatic heterocycles. The number of ether oxygens (including phenoxy) is 3. The molecular weight excluding hydrogens is 338 g/mol. The molecular formula is C14H16BrN3O3. The molecule has 0 unspecified atom stereocenters. The second-order valence-electron chi connectivity index (χ2n) is 4.82. The van der Waals surface area contributed by atoms with Crippen LogP contribution in [-0.4, -0.2) is 35.1 Å². The highest BCUT2D eigenvalue weighted by molar-refractivity contribution is 9.10. The van der Waals surface area contributed by atoms with Crippen molar-refractivity contribution in [1.82, 2.24) is 14.8 Å². The molecule has 0 radical (unpaired) electrons. The molecule has 0 aromatic carbocycles. The lowest BCUT2D eigenvalue weighted by Crippen LogP contribution is -2.13. The predicted octanol–water partition coefficient (Wildman–Crippen LogP) is 2.20. The molecule has 2 aromatic rings. The minimum absolute atomic E-state index is 0.232. The zero-order valence-corrected chi connectivity index (χ0v) is 13.5. The molecule has 0 spiro atoms. The topological polar surface area (TPSA) is 58.4 Å². The minimum Gasteiger partial charge on any atom is -0.491 e. The molecule has 0 aliphatic carbocycles. The van der Waals surface area contributed by atoms with Crippen LogP contribution < -0.4 is 9.47 Å². The van der Waals surface area contributed by atoms with Gasteiger partial charge in [0.05, 0.1) is 19.8 Å². The lowest BCUT2D eigenvalue weighted by atomic mass is 10.2. The van der Waals surface area contributed by atoms with Crippen molar-refractivity contribution in [3.05, 3.63) is 34.2 Å². The van der Waals surface area contributed by atoms with Crippen LogP contribution in [0.15, 0.2) is 22.8 Å². The molecule has 0 N–H and O–H groups in total. The summed E-state index contributed by atoms with van der Waals surface area (Å²) in [7, 11) is 3.32. The molecule has 2 aromatic heterocycles. The largest absolute Gasteiger partial charge is 0.491 e. The summed E-state index contributed by atoms with van der Waals surface area (Å²) in [4.78, 5) is 4.20. The van der Waals surface area contributed by atoms with E-state index in [1.54, 1.807) is 20.4 Å². The summed E-state index contributed by atoms with van der Waals surface area (Å²) < 4.78 is 19.1. The molecule has 3 rings (SSSR count). The number of pyridine rings is 1. The van der Waals surface area contributed by atoms with Gasteiger partial charge in [0, 0.05) is 36.0 Å². The molecule has 0 amide bonds. The third-order valence-electron chi connectivity index (χ3n) is 3.42. The van der Waals surface area contributed by atoms with Gasteiger partial charge in [-0.15, -0.1) is 0 Å². The van der Waals surface area contributed by atoms with Crippen LogP contribution in [0.2, 0.25) is 0 Å². The number of aromatic nitrogens is 3. The Hall–Kier alpha value is -1.60. The third kappa shape index (κ3) is 3.03. The van der Waals surface area contributed by atoms with Gasteiger partial charge in [0.2, 0.25) is 0 Å². The summed E-state index contributed by atoms with van der Waals surface area (Å²) in [6.07, 6.45) is 2.80. The number of nitrogens with zero attached hydrogens (tertiary/aromatic N) is 3. The third-order valence-corrected chi connectivity index (χ3v) is 3.86. The highest BCUT2D eigenvalue weighted by Crippen LogP contribution is 2.28. The van der Waals surface area contributed by atoms with E-state index in [2.05, 4.69) is 26.0 Å². The van der Waals surface area contributed by atoms with E-state index < -0.39 is 0 Å². The standard InChI is InChI=1S/C14H16BrN3O3/c1-19-12-5-11-4-10(17-18(11)7-12)8-21-14-13(20-2)3-9(15)6-16-14/h3-4,6,12H,5,7-8H2,1-2H3/t12-/m1/s1. The van der Waals surface area contributed by atoms with E-state index in [4.69, 9.17) is 14.2 Å². The van der Waals surface area contributed by atoms with Crippen molar-refractivity contribution in [3.8, 4) is 11.6 Å². The Labute approximate surface area is 131 Å². The van der Waals surface area contributed by atoms with Crippen molar-refractivity contribution in [3.63, 3.8) is 0 Å². The molecule has 1 atom stereocenters. The van der Waals surface area contributed by atoms with Crippen LogP contribution in [0.1, 0.15) is 11.4 Å². The van der Waals surface area contributed by atoms with Gasteiger partial charge in [-0.2, -0.15) is 5.10 Å². The molecule has 21 heavy (non-hydrogen) atoms. The average Bonchev–Trinajstić information content (AvgIpc) is 3.03. The fourth-order valence-electron chi connectivity index (χ4n) is 2.36. The normalized spacial score (nSPS) is 16.8. The average molecular weight is 354 g/mol. The number of hydrogen-bond acceptors (Lipinski definition) is 5. The van der Waals surface area contributed by atoms with Crippen LogP contribution in [0.25, 0.3) is 0 Å². The number of hydrogen-bond donors (Lipinski definition) is 0. The minimum atomic E-state index is 0.232. The van der Waals surface area contributed by atoms with E-state index >= 15 is 0 Å². The molecule has 3 heterocycles. The Bertz CT molecular complexity index is 621. The summed E-state index contributed by atoms with van der Waals surface area (Å²) in [6, 6.07) is 3.86. The van der Waals surface area contributed by atoms with Gasteiger partial charge in [0.15, 0.2) is 5.75 Å². The van der Waals surface area contributed by atoms with Gasteiger partial charge in [-0.1, -0.05) is 0 Å². The second kappa shape index (κ2) is 6.03. The fraction of sp³-hybridized carbons (Fsp3) is 0.429. The van der Waals surface area contributed by atoms with Crippen LogP contribution in [0.3, 0.4) is 0 Å². The quantitative estimate of drug-likeness (QED) is 0.824. The van der Waals surface area contributed by atoms with Gasteiger partial charge >= 0.3 is 0 Å². The van der Waals surface area contributed by atoms with E-state index in [9.17, 15) is 0 Å². The first-order valence-corrected chi connectivity index (χ1v) is 7.39. The zero-order valence-electron chi connectivity index (χ0n) is 11.9. The first-order valence-electron chi connectivity index (χ1n) is 6.60. The Kier molecular flexibility index (Phi) is 4.12. The number of methoxy groups -OCH3 is 2. The maximum absolute atomic E-state index is 5.70. The lowest BCUT2D eigenvalue weighted by Gasteiger charge is -2.09. The maximum atomic E-state index is 5.70. The van der Waals surface area contributed by atoms with Gasteiger partial charge in [0.25, 0.3) is 5.88 Å². The molecule has 112 valence electrons. The van der Waals surface area contributed by atoms with E-state index in [0.29, 0.717) is 18.2 Å². The summed E-state index contributed by atoms with van der Waals surface area (Å²) in [5.41, 5.74) is 2.06. The monoisotopic (exact) mass is 353 g/mol. The van der Waals surface area contributed by atoms with Gasteiger partial charge in [-0.3, -0.25) is 4.68 Å². The maximum Gasteiger partial charge on any atom is 0.257 e. The highest BCUT2D eigenvalue weighted by Gasteiger charge is 2.23. The number of halogens is 1. The smallest absolute Gasteiger partial charge is 0.257 e. The fourth-order valence-corrected chi connectivity index (χ4v) is 2.67. The second-order valence-corrected chi connectivity index (χ2v) is 5.74. The Morgan fingerprint density at radius 1 is 1.38 bits per heavy atom.